The van der Waals surface area contributed by atoms with Crippen LogP contribution in [0.1, 0.15) is 94.9 Å². The molecule has 0 radical (unpaired) electrons. The van der Waals surface area contributed by atoms with Crippen molar-refractivity contribution in [2.45, 2.75) is 94.9 Å². The van der Waals surface area contributed by atoms with Crippen LogP contribution < -0.4 is 0 Å². The van der Waals surface area contributed by atoms with Crippen LogP contribution in [0, 0.1) is 21.7 Å². The minimum Gasteiger partial charge on any atom is -0.467 e. The summed E-state index contributed by atoms with van der Waals surface area (Å²) in [6.45, 7) is 48.6. The summed E-state index contributed by atoms with van der Waals surface area (Å²) in [6.07, 6.45) is 2.66. The Balaban J connectivity index is -0.00000174. The van der Waals surface area contributed by atoms with E-state index in [1.165, 1.54) is 69.2 Å². The Morgan fingerprint density at radius 2 is 0.406 bits per heavy atom. The monoisotopic (exact) mass is 1500 g/mol. The average Bonchev–Trinajstić information content (AvgIpc) is 0.875. The molecule has 0 saturated heterocycles. The zero-order valence-electron chi connectivity index (χ0n) is 62.0. The molecule has 0 saturated carbocycles. The van der Waals surface area contributed by atoms with Gasteiger partial charge in [-0.05, 0) is 75.2 Å². The van der Waals surface area contributed by atoms with Crippen molar-refractivity contribution in [3.05, 3.63) is 147 Å². The van der Waals surface area contributed by atoms with E-state index in [0.29, 0.717) is 0 Å². The van der Waals surface area contributed by atoms with E-state index in [4.69, 9.17) is 71.1 Å². The smallest absolute Gasteiger partial charge is 0.333 e. The minimum absolute atomic E-state index is 0.0570. The third-order valence-electron chi connectivity index (χ3n) is 12.9. The first-order valence-electron chi connectivity index (χ1n) is 31.6. The van der Waals surface area contributed by atoms with Crippen molar-refractivity contribution in [1.82, 2.24) is 0 Å². The molecule has 0 aromatic rings. The van der Waals surface area contributed by atoms with E-state index in [1.54, 1.807) is 0 Å². The molecule has 0 spiro atoms. The first kappa shape index (κ1) is 98.6. The molecular weight excluding hydrogens is 1400 g/mol. The number of rotatable bonds is 50. The Hall–Kier alpha value is -11.6. The average molecular weight is 1500 g/mol. The van der Waals surface area contributed by atoms with Crippen LogP contribution in [-0.2, 0) is 153 Å². The molecule has 0 fully saturated rings. The summed E-state index contributed by atoms with van der Waals surface area (Å²) in [5.74, 6) is -11.2. The zero-order chi connectivity index (χ0) is 82.1. The second kappa shape index (κ2) is 51.5. The van der Waals surface area contributed by atoms with Gasteiger partial charge >= 0.3 is 89.5 Å². The molecule has 0 N–H and O–H groups in total. The van der Waals surface area contributed by atoms with E-state index in [-0.39, 0.29) is 135 Å². The molecule has 0 aliphatic heterocycles. The quantitative estimate of drug-likeness (QED) is 0.0205. The first-order chi connectivity index (χ1) is 49.3. The van der Waals surface area contributed by atoms with E-state index in [2.05, 4.69) is 83.7 Å². The summed E-state index contributed by atoms with van der Waals surface area (Å²) < 4.78 is 82.3. The van der Waals surface area contributed by atoms with Gasteiger partial charge in [-0.2, -0.15) is 0 Å². The Bertz CT molecular complexity index is 2930. The maximum absolute atomic E-state index is 12.8. The fourth-order valence-corrected chi connectivity index (χ4v) is 6.54. The van der Waals surface area contributed by atoms with Crippen LogP contribution in [0.25, 0.3) is 0 Å². The number of hydrogen-bond acceptors (Lipinski definition) is 32. The lowest BCUT2D eigenvalue weighted by molar-refractivity contribution is -0.170. The van der Waals surface area contributed by atoms with Gasteiger partial charge in [-0.15, -0.1) is 0 Å². The standard InChI is InChI=1S/C40H54O16.C19H26O8.C15H18O8/c1-25(2)33(43)51-19-39(20-52-34(44)26(3)4,21-53-35(45)27(5)6)17-49-31(41)15-13-14-16-32(42)50-18-40(22-54-36(46)28(7)8,23-55-37(47)29(9)10)24-56-38(48)30(11)12;1-12(2)16(21)25-9-19(8-24-15(7)20,10-26-17(22)13(3)4)11-27-18(23)14(5)6;1-4-12(17)21-8-15(7-20-11-16,9-22-13(18)5-2)10-23-14(19)6-3/h1,3,5,7,9,11,13-24H2,2,4,6,8,10,12H3;1,3,5,8-11H2,2,4,6-7H3;4-6,11H,1-3,7-10H2. The van der Waals surface area contributed by atoms with Crippen LogP contribution in [-0.4, -0.2) is 202 Å². The van der Waals surface area contributed by atoms with Gasteiger partial charge < -0.3 is 75.8 Å². The van der Waals surface area contributed by atoms with Crippen LogP contribution in [0.3, 0.4) is 0 Å². The van der Waals surface area contributed by atoms with Gasteiger partial charge in [-0.3, -0.25) is 19.2 Å². The van der Waals surface area contributed by atoms with Crippen molar-refractivity contribution in [3.63, 3.8) is 0 Å². The van der Waals surface area contributed by atoms with Gasteiger partial charge in [-0.25, -0.2) is 57.5 Å². The maximum atomic E-state index is 12.8. The van der Waals surface area contributed by atoms with Crippen molar-refractivity contribution in [2.75, 3.05) is 106 Å². The predicted octanol–water partition coefficient (Wildman–Crippen LogP) is 6.55. The Labute approximate surface area is 616 Å². The SMILES string of the molecule is C=C(C)C(=O)OCC(COC(=O)CCCCC(=O)OCC(COC(=O)C(=C)C)(COC(=O)C(=C)C)COC(=O)C(=C)C)(COC(=O)C(=C)C)COC(=O)C(=C)C.C=C(C)C(=O)OCC(COC(C)=O)(COC(=O)C(=C)C)COC(=O)C(=C)C.C=CC(=O)OCC(COC=O)(COC(=O)C=C)COC(=O)C=C. The maximum Gasteiger partial charge on any atom is 0.333 e. The lowest BCUT2D eigenvalue weighted by Crippen LogP contribution is -2.44. The van der Waals surface area contributed by atoms with E-state index in [9.17, 15) is 76.7 Å². The molecule has 0 atom stereocenters. The summed E-state index contributed by atoms with van der Waals surface area (Å²) >= 11 is 0. The molecule has 0 aromatic carbocycles. The highest BCUT2D eigenvalue weighted by Gasteiger charge is 2.42. The number of ether oxygens (including phenoxy) is 16. The number of esters is 15. The van der Waals surface area contributed by atoms with Gasteiger partial charge in [0, 0.05) is 88.2 Å². The van der Waals surface area contributed by atoms with Crippen molar-refractivity contribution in [2.24, 2.45) is 21.7 Å². The Morgan fingerprint density at radius 3 is 0.566 bits per heavy atom. The highest BCUT2D eigenvalue weighted by molar-refractivity contribution is 5.91. The minimum atomic E-state index is -1.54. The molecule has 586 valence electrons. The normalized spacial score (nSPS) is 10.5. The molecule has 0 bridgehead atoms. The van der Waals surface area contributed by atoms with Gasteiger partial charge in [0.25, 0.3) is 6.47 Å². The van der Waals surface area contributed by atoms with E-state index >= 15 is 0 Å². The third kappa shape index (κ3) is 44.0. The van der Waals surface area contributed by atoms with Crippen molar-refractivity contribution >= 4 is 96.0 Å². The Morgan fingerprint density at radius 1 is 0.245 bits per heavy atom. The van der Waals surface area contributed by atoms with Crippen LogP contribution in [0.4, 0.5) is 0 Å². The van der Waals surface area contributed by atoms with Gasteiger partial charge in [0.1, 0.15) is 127 Å². The molecule has 32 nitrogen and oxygen atoms in total. The van der Waals surface area contributed by atoms with Gasteiger partial charge in [0.2, 0.25) is 0 Å². The summed E-state index contributed by atoms with van der Waals surface area (Å²) in [5.41, 5.74) is -4.89. The molecule has 0 unspecified atom stereocenters. The van der Waals surface area contributed by atoms with E-state index in [0.717, 1.165) is 18.2 Å². The second-order valence-electron chi connectivity index (χ2n) is 24.4. The molecule has 0 rings (SSSR count). The van der Waals surface area contributed by atoms with E-state index in [1.807, 2.05) is 0 Å². The van der Waals surface area contributed by atoms with Crippen molar-refractivity contribution in [3.8, 4) is 0 Å². The third-order valence-corrected chi connectivity index (χ3v) is 12.9. The molecule has 106 heavy (non-hydrogen) atoms. The van der Waals surface area contributed by atoms with Gasteiger partial charge in [0.05, 0.1) is 0 Å². The van der Waals surface area contributed by atoms with Crippen LogP contribution in [0.5, 0.6) is 0 Å². The first-order valence-corrected chi connectivity index (χ1v) is 31.6. The van der Waals surface area contributed by atoms with Crippen molar-refractivity contribution in [1.29, 1.82) is 0 Å². The second-order valence-corrected chi connectivity index (χ2v) is 24.4. The summed E-state index contributed by atoms with van der Waals surface area (Å²) in [6, 6.07) is 0. The zero-order valence-corrected chi connectivity index (χ0v) is 62.0. The highest BCUT2D eigenvalue weighted by Crippen LogP contribution is 2.27. The molecule has 0 amide bonds. The molecular formula is C74H98O32. The largest absolute Gasteiger partial charge is 0.467 e. The molecule has 32 heteroatoms. The van der Waals surface area contributed by atoms with E-state index < -0.39 is 164 Å². The van der Waals surface area contributed by atoms with Crippen LogP contribution in [0.2, 0.25) is 0 Å². The lowest BCUT2D eigenvalue weighted by atomic mass is 9.92. The topological polar surface area (TPSA) is 421 Å². The van der Waals surface area contributed by atoms with Crippen molar-refractivity contribution < 1.29 is 153 Å². The molecule has 0 aliphatic carbocycles. The Kier molecular flexibility index (Phi) is 47.9. The molecule has 0 aromatic heterocycles. The van der Waals surface area contributed by atoms with Gasteiger partial charge in [0.15, 0.2) is 0 Å². The number of carbonyl (C=O) groups excluding carboxylic acids is 16. The summed E-state index contributed by atoms with van der Waals surface area (Å²) in [5, 5.41) is 0. The number of carbonyl (C=O) groups is 16. The van der Waals surface area contributed by atoms with Crippen LogP contribution >= 0.6 is 0 Å². The molecule has 0 heterocycles. The fraction of sp³-hybridized carbons (Fsp3) is 0.459. The highest BCUT2D eigenvalue weighted by atomic mass is 16.6. The van der Waals surface area contributed by atoms with Gasteiger partial charge in [-0.1, -0.05) is 78.9 Å². The lowest BCUT2D eigenvalue weighted by Gasteiger charge is -2.31. The predicted molar refractivity (Wildman–Crippen MR) is 374 cm³/mol. The van der Waals surface area contributed by atoms with Crippen LogP contribution in [0.15, 0.2) is 147 Å². The number of hydrogen-bond donors (Lipinski definition) is 0. The number of unbranched alkanes of at least 4 members (excludes halogenated alkanes) is 1. The molecule has 0 aliphatic rings. The summed E-state index contributed by atoms with van der Waals surface area (Å²) in [7, 11) is 0. The summed E-state index contributed by atoms with van der Waals surface area (Å²) in [4.78, 5) is 190. The fourth-order valence-electron chi connectivity index (χ4n) is 6.54.